The average Bonchev–Trinajstić information content (AvgIpc) is 2.86. The highest BCUT2D eigenvalue weighted by Gasteiger charge is 2.13. The molecule has 0 aliphatic heterocycles. The van der Waals surface area contributed by atoms with Gasteiger partial charge in [-0.25, -0.2) is 0 Å². The number of hydrogen-bond donors (Lipinski definition) is 2. The molecule has 0 aliphatic rings. The zero-order valence-electron chi connectivity index (χ0n) is 22.3. The highest BCUT2D eigenvalue weighted by Crippen LogP contribution is 2.32. The SMILES string of the molecule is Cc1ccc(C(C)C)c(Oc2ccc(NC(=O)CCC(=O)OCC(=O)Nc3cc(C)c(Br)cc3C)cc2)c1. The number of ether oxygens (including phenoxy) is 2. The predicted molar refractivity (Wildman–Crippen MR) is 153 cm³/mol. The van der Waals surface area contributed by atoms with E-state index in [0.717, 1.165) is 32.5 Å². The Morgan fingerprint density at radius 2 is 1.55 bits per heavy atom. The van der Waals surface area contributed by atoms with Crippen molar-refractivity contribution in [3.63, 3.8) is 0 Å². The van der Waals surface area contributed by atoms with E-state index >= 15 is 0 Å². The fourth-order valence-electron chi connectivity index (χ4n) is 3.70. The summed E-state index contributed by atoms with van der Waals surface area (Å²) in [5.41, 5.74) is 5.33. The maximum absolute atomic E-state index is 12.3. The predicted octanol–water partition coefficient (Wildman–Crippen LogP) is 7.19. The van der Waals surface area contributed by atoms with Crippen LogP contribution in [0.3, 0.4) is 0 Å². The first-order valence-electron chi connectivity index (χ1n) is 12.4. The number of esters is 1. The van der Waals surface area contributed by atoms with E-state index in [0.29, 0.717) is 23.0 Å². The summed E-state index contributed by atoms with van der Waals surface area (Å²) in [6.45, 7) is 9.62. The van der Waals surface area contributed by atoms with E-state index in [1.165, 1.54) is 0 Å². The van der Waals surface area contributed by atoms with Crippen LogP contribution in [0, 0.1) is 20.8 Å². The van der Waals surface area contributed by atoms with E-state index in [1.807, 2.05) is 39.0 Å². The molecule has 2 N–H and O–H groups in total. The first-order chi connectivity index (χ1) is 18.0. The van der Waals surface area contributed by atoms with Gasteiger partial charge >= 0.3 is 5.97 Å². The van der Waals surface area contributed by atoms with Crippen molar-refractivity contribution in [1.82, 2.24) is 0 Å². The van der Waals surface area contributed by atoms with Crippen LogP contribution >= 0.6 is 15.9 Å². The molecule has 0 aliphatic carbocycles. The Labute approximate surface area is 232 Å². The number of rotatable bonds is 10. The van der Waals surface area contributed by atoms with Crippen molar-refractivity contribution in [3.8, 4) is 11.5 Å². The summed E-state index contributed by atoms with van der Waals surface area (Å²) in [6.07, 6.45) is -0.202. The smallest absolute Gasteiger partial charge is 0.306 e. The van der Waals surface area contributed by atoms with Gasteiger partial charge in [-0.15, -0.1) is 0 Å². The molecule has 3 rings (SSSR count). The monoisotopic (exact) mass is 580 g/mol. The third-order valence-corrected chi connectivity index (χ3v) is 6.71. The molecular formula is C30H33BrN2O5. The molecule has 0 fully saturated rings. The summed E-state index contributed by atoms with van der Waals surface area (Å²) < 4.78 is 12.1. The quantitative estimate of drug-likeness (QED) is 0.247. The number of halogens is 1. The zero-order chi connectivity index (χ0) is 27.8. The first kappa shape index (κ1) is 28.9. The van der Waals surface area contributed by atoms with Crippen LogP contribution in [0.4, 0.5) is 11.4 Å². The molecule has 38 heavy (non-hydrogen) atoms. The van der Waals surface area contributed by atoms with E-state index in [-0.39, 0.29) is 18.7 Å². The van der Waals surface area contributed by atoms with E-state index in [9.17, 15) is 14.4 Å². The van der Waals surface area contributed by atoms with Crippen LogP contribution in [0.15, 0.2) is 59.1 Å². The first-order valence-corrected chi connectivity index (χ1v) is 13.2. The topological polar surface area (TPSA) is 93.7 Å². The van der Waals surface area contributed by atoms with Crippen LogP contribution in [0.2, 0.25) is 0 Å². The number of hydrogen-bond acceptors (Lipinski definition) is 5. The lowest BCUT2D eigenvalue weighted by atomic mass is 10.0. The zero-order valence-corrected chi connectivity index (χ0v) is 23.9. The Morgan fingerprint density at radius 3 is 2.24 bits per heavy atom. The van der Waals surface area contributed by atoms with Crippen molar-refractivity contribution in [1.29, 1.82) is 0 Å². The minimum Gasteiger partial charge on any atom is -0.457 e. The third-order valence-electron chi connectivity index (χ3n) is 5.86. The minimum atomic E-state index is -0.623. The molecule has 0 bridgehead atoms. The summed E-state index contributed by atoms with van der Waals surface area (Å²) in [5.74, 6) is 0.395. The molecule has 0 saturated heterocycles. The summed E-state index contributed by atoms with van der Waals surface area (Å²) in [6, 6.07) is 16.9. The lowest BCUT2D eigenvalue weighted by Crippen LogP contribution is -2.22. The van der Waals surface area contributed by atoms with Crippen LogP contribution in [0.5, 0.6) is 11.5 Å². The van der Waals surface area contributed by atoms with Gasteiger partial charge in [0.15, 0.2) is 6.61 Å². The molecule has 0 saturated carbocycles. The molecule has 2 amide bonds. The number of carbonyl (C=O) groups excluding carboxylic acids is 3. The molecule has 0 aromatic heterocycles. The Kier molecular flexibility index (Phi) is 10.1. The van der Waals surface area contributed by atoms with Gasteiger partial charge in [-0.1, -0.05) is 41.9 Å². The fraction of sp³-hybridized carbons (Fsp3) is 0.300. The molecule has 0 unspecified atom stereocenters. The van der Waals surface area contributed by atoms with Gasteiger partial charge in [0.1, 0.15) is 11.5 Å². The Hall–Kier alpha value is -3.65. The maximum atomic E-state index is 12.3. The van der Waals surface area contributed by atoms with Crippen molar-refractivity contribution in [2.24, 2.45) is 0 Å². The molecule has 3 aromatic rings. The van der Waals surface area contributed by atoms with Gasteiger partial charge in [-0.05, 0) is 91.4 Å². The summed E-state index contributed by atoms with van der Waals surface area (Å²) >= 11 is 3.45. The highest BCUT2D eigenvalue weighted by molar-refractivity contribution is 9.10. The third kappa shape index (κ3) is 8.45. The molecule has 3 aromatic carbocycles. The van der Waals surface area contributed by atoms with Crippen LogP contribution in [0.1, 0.15) is 54.9 Å². The Morgan fingerprint density at radius 1 is 0.842 bits per heavy atom. The van der Waals surface area contributed by atoms with Crippen LogP contribution in [0.25, 0.3) is 0 Å². The molecular weight excluding hydrogens is 548 g/mol. The van der Waals surface area contributed by atoms with Crippen molar-refractivity contribution < 1.29 is 23.9 Å². The molecule has 0 heterocycles. The molecule has 7 nitrogen and oxygen atoms in total. The maximum Gasteiger partial charge on any atom is 0.306 e. The van der Waals surface area contributed by atoms with E-state index in [1.54, 1.807) is 24.3 Å². The summed E-state index contributed by atoms with van der Waals surface area (Å²) in [4.78, 5) is 36.5. The highest BCUT2D eigenvalue weighted by atomic mass is 79.9. The van der Waals surface area contributed by atoms with Gasteiger partial charge in [0.2, 0.25) is 5.91 Å². The molecule has 200 valence electrons. The standard InChI is InChI=1S/C30H33BrN2O5/c1-18(2)24-11-6-19(3)14-27(24)38-23-9-7-22(8-10-23)32-28(34)12-13-30(36)37-17-29(35)33-26-16-20(4)25(31)15-21(26)5/h6-11,14-16,18H,12-13,17H2,1-5H3,(H,32,34)(H,33,35). The molecule has 8 heteroatoms. The van der Waals surface area contributed by atoms with Crippen molar-refractivity contribution in [2.75, 3.05) is 17.2 Å². The molecule has 0 spiro atoms. The van der Waals surface area contributed by atoms with E-state index < -0.39 is 18.5 Å². The summed E-state index contributed by atoms with van der Waals surface area (Å²) in [5, 5.41) is 5.49. The van der Waals surface area contributed by atoms with E-state index in [2.05, 4.69) is 52.5 Å². The van der Waals surface area contributed by atoms with Gasteiger partial charge < -0.3 is 20.1 Å². The average molecular weight is 582 g/mol. The number of carbonyl (C=O) groups is 3. The van der Waals surface area contributed by atoms with Crippen molar-refractivity contribution >= 4 is 45.1 Å². The minimum absolute atomic E-state index is 0.0647. The normalized spacial score (nSPS) is 10.7. The number of amides is 2. The second-order valence-electron chi connectivity index (χ2n) is 9.50. The lowest BCUT2D eigenvalue weighted by Gasteiger charge is -2.15. The van der Waals surface area contributed by atoms with Crippen molar-refractivity contribution in [2.45, 2.75) is 53.4 Å². The second-order valence-corrected chi connectivity index (χ2v) is 10.4. The lowest BCUT2D eigenvalue weighted by molar-refractivity contribution is -0.147. The van der Waals surface area contributed by atoms with Crippen LogP contribution < -0.4 is 15.4 Å². The van der Waals surface area contributed by atoms with Crippen molar-refractivity contribution in [3.05, 3.63) is 81.3 Å². The van der Waals surface area contributed by atoms with Crippen LogP contribution in [-0.4, -0.2) is 24.4 Å². The van der Waals surface area contributed by atoms with Gasteiger partial charge in [-0.2, -0.15) is 0 Å². The number of anilines is 2. The van der Waals surface area contributed by atoms with Crippen LogP contribution in [-0.2, 0) is 19.1 Å². The second kappa shape index (κ2) is 13.2. The number of aryl methyl sites for hydroxylation is 3. The van der Waals surface area contributed by atoms with E-state index in [4.69, 9.17) is 9.47 Å². The van der Waals surface area contributed by atoms with Gasteiger partial charge in [-0.3, -0.25) is 14.4 Å². The summed E-state index contributed by atoms with van der Waals surface area (Å²) in [7, 11) is 0. The Bertz CT molecular complexity index is 1320. The van der Waals surface area contributed by atoms with Gasteiger partial charge in [0.05, 0.1) is 6.42 Å². The fourth-order valence-corrected chi connectivity index (χ4v) is 4.16. The van der Waals surface area contributed by atoms with Gasteiger partial charge in [0, 0.05) is 22.3 Å². The largest absolute Gasteiger partial charge is 0.457 e. The number of benzene rings is 3. The Balaban J connectivity index is 1.43. The number of nitrogens with one attached hydrogen (secondary N) is 2. The van der Waals surface area contributed by atoms with Gasteiger partial charge in [0.25, 0.3) is 5.91 Å². The molecule has 0 radical (unpaired) electrons. The molecule has 0 atom stereocenters.